The first-order chi connectivity index (χ1) is 17.2. The summed E-state index contributed by atoms with van der Waals surface area (Å²) in [6, 6.07) is 14.0. The number of rotatable bonds is 7. The van der Waals surface area contributed by atoms with Gasteiger partial charge in [0.2, 0.25) is 11.9 Å². The summed E-state index contributed by atoms with van der Waals surface area (Å²) in [5, 5.41) is 13.8. The van der Waals surface area contributed by atoms with Gasteiger partial charge in [0.15, 0.2) is 0 Å². The van der Waals surface area contributed by atoms with E-state index >= 15 is 0 Å². The molecule has 0 bridgehead atoms. The maximum atomic E-state index is 11.7. The number of aromatic nitrogens is 4. The van der Waals surface area contributed by atoms with Crippen LogP contribution in [0.15, 0.2) is 73.7 Å². The zero-order chi connectivity index (χ0) is 24.0. The van der Waals surface area contributed by atoms with Crippen LogP contribution >= 0.6 is 0 Å². The van der Waals surface area contributed by atoms with Crippen LogP contribution in [0, 0.1) is 0 Å². The second-order valence-electron chi connectivity index (χ2n) is 8.29. The summed E-state index contributed by atoms with van der Waals surface area (Å²) in [6.07, 6.45) is 8.54. The van der Waals surface area contributed by atoms with E-state index in [0.717, 1.165) is 42.7 Å². The molecule has 176 valence electrons. The molecule has 35 heavy (non-hydrogen) atoms. The second kappa shape index (κ2) is 10.3. The molecule has 0 spiro atoms. The molecule has 1 aliphatic rings. The Balaban J connectivity index is 1.37. The Bertz CT molecular complexity index is 1350. The molecule has 0 saturated carbocycles. The van der Waals surface area contributed by atoms with E-state index in [0.29, 0.717) is 34.6 Å². The van der Waals surface area contributed by atoms with Gasteiger partial charge in [-0.15, -0.1) is 0 Å². The molecule has 0 aliphatic carbocycles. The van der Waals surface area contributed by atoms with Gasteiger partial charge >= 0.3 is 0 Å². The average molecular weight is 467 g/mol. The normalized spacial score (nSPS) is 13.8. The summed E-state index contributed by atoms with van der Waals surface area (Å²) in [5.41, 5.74) is 4.44. The van der Waals surface area contributed by atoms with Crippen LogP contribution in [-0.2, 0) is 4.79 Å². The largest absolute Gasteiger partial charge is 0.382 e. The molecule has 4 N–H and O–H groups in total. The van der Waals surface area contributed by atoms with Crippen molar-refractivity contribution in [3.8, 4) is 11.4 Å². The lowest BCUT2D eigenvalue weighted by Crippen LogP contribution is -2.35. The van der Waals surface area contributed by atoms with Gasteiger partial charge in [-0.05, 0) is 74.5 Å². The maximum Gasteiger partial charge on any atom is 0.247 e. The number of fused-ring (bicyclic) bond motifs is 1. The molecule has 1 fully saturated rings. The molecule has 0 atom stereocenters. The van der Waals surface area contributed by atoms with Crippen molar-refractivity contribution in [1.82, 2.24) is 25.3 Å². The minimum absolute atomic E-state index is 0.293. The van der Waals surface area contributed by atoms with Crippen LogP contribution in [0.2, 0.25) is 0 Å². The fourth-order valence-corrected chi connectivity index (χ4v) is 4.02. The number of piperidine rings is 1. The van der Waals surface area contributed by atoms with Crippen molar-refractivity contribution in [3.63, 3.8) is 0 Å². The smallest absolute Gasteiger partial charge is 0.247 e. The van der Waals surface area contributed by atoms with Gasteiger partial charge in [0.05, 0.1) is 5.69 Å². The molecule has 0 radical (unpaired) electrons. The Labute approximate surface area is 203 Å². The second-order valence-corrected chi connectivity index (χ2v) is 8.29. The highest BCUT2D eigenvalue weighted by Crippen LogP contribution is 2.27. The molecule has 1 saturated heterocycles. The molecule has 9 nitrogen and oxygen atoms in total. The molecular weight excluding hydrogens is 440 g/mol. The molecule has 1 aliphatic heterocycles. The zero-order valence-corrected chi connectivity index (χ0v) is 19.2. The molecule has 5 rings (SSSR count). The van der Waals surface area contributed by atoms with Gasteiger partial charge < -0.3 is 21.3 Å². The first-order valence-corrected chi connectivity index (χ1v) is 11.5. The van der Waals surface area contributed by atoms with Crippen LogP contribution in [0.25, 0.3) is 22.3 Å². The number of carbonyl (C=O) groups is 1. The fourth-order valence-electron chi connectivity index (χ4n) is 4.02. The minimum Gasteiger partial charge on any atom is -0.382 e. The molecule has 3 aromatic heterocycles. The predicted molar refractivity (Wildman–Crippen MR) is 139 cm³/mol. The van der Waals surface area contributed by atoms with Crippen molar-refractivity contribution in [3.05, 3.63) is 73.7 Å². The van der Waals surface area contributed by atoms with Crippen LogP contribution in [0.4, 0.5) is 23.0 Å². The van der Waals surface area contributed by atoms with E-state index in [-0.39, 0.29) is 5.91 Å². The van der Waals surface area contributed by atoms with Crippen molar-refractivity contribution >= 4 is 39.8 Å². The Morgan fingerprint density at radius 2 is 1.74 bits per heavy atom. The van der Waals surface area contributed by atoms with Gasteiger partial charge in [-0.2, -0.15) is 0 Å². The Hall–Kier alpha value is -4.37. The Kier molecular flexibility index (Phi) is 6.58. The monoisotopic (exact) mass is 466 g/mol. The third-order valence-corrected chi connectivity index (χ3v) is 5.81. The number of amides is 1. The summed E-state index contributed by atoms with van der Waals surface area (Å²) in [5.74, 6) is 0.167. The van der Waals surface area contributed by atoms with Gasteiger partial charge in [-0.1, -0.05) is 6.58 Å². The fraction of sp³-hybridized carbons (Fsp3) is 0.192. The van der Waals surface area contributed by atoms with Crippen LogP contribution in [0.3, 0.4) is 0 Å². The minimum atomic E-state index is -0.293. The molecule has 4 aromatic rings. The predicted octanol–water partition coefficient (Wildman–Crippen LogP) is 4.12. The number of nitrogens with zero attached hydrogens (tertiary/aromatic N) is 4. The van der Waals surface area contributed by atoms with Gasteiger partial charge in [0, 0.05) is 47.1 Å². The summed E-state index contributed by atoms with van der Waals surface area (Å²) in [4.78, 5) is 29.8. The molecule has 0 unspecified atom stereocenters. The van der Waals surface area contributed by atoms with E-state index < -0.39 is 0 Å². The molecular formula is C26H26N8O. The van der Waals surface area contributed by atoms with E-state index in [1.807, 2.05) is 18.2 Å². The van der Waals surface area contributed by atoms with Gasteiger partial charge in [0.25, 0.3) is 0 Å². The number of anilines is 4. The SMILES string of the molecule is C=CC(=O)Nc1ccnc(-c2nccc3cnc(Nc4ccc(NC5CCNCC5)cc4)nc23)c1. The lowest BCUT2D eigenvalue weighted by Gasteiger charge is -2.24. The summed E-state index contributed by atoms with van der Waals surface area (Å²) in [6.45, 7) is 5.59. The highest BCUT2D eigenvalue weighted by Gasteiger charge is 2.13. The van der Waals surface area contributed by atoms with Gasteiger partial charge in [-0.3, -0.25) is 14.8 Å². The Morgan fingerprint density at radius 3 is 2.54 bits per heavy atom. The highest BCUT2D eigenvalue weighted by molar-refractivity contribution is 5.99. The van der Waals surface area contributed by atoms with Gasteiger partial charge in [0.1, 0.15) is 11.2 Å². The first kappa shape index (κ1) is 22.4. The maximum absolute atomic E-state index is 11.7. The lowest BCUT2D eigenvalue weighted by molar-refractivity contribution is -0.111. The molecule has 1 amide bonds. The van der Waals surface area contributed by atoms with Crippen molar-refractivity contribution in [1.29, 1.82) is 0 Å². The third-order valence-electron chi connectivity index (χ3n) is 5.81. The van der Waals surface area contributed by atoms with Crippen LogP contribution in [0.1, 0.15) is 12.8 Å². The van der Waals surface area contributed by atoms with E-state index in [9.17, 15) is 4.79 Å². The summed E-state index contributed by atoms with van der Waals surface area (Å²) >= 11 is 0. The quantitative estimate of drug-likeness (QED) is 0.301. The standard InChI is InChI=1S/C26H26N8O/c1-2-23(35)32-21-10-14-28-22(15-21)25-24-17(7-13-29-25)16-30-26(34-24)33-19-5-3-18(4-6-19)31-20-8-11-27-12-9-20/h2-7,10,13-16,20,27,31H,1,8-9,11-12H2,(H,28,32,35)(H,30,33,34). The van der Waals surface area contributed by atoms with E-state index in [1.165, 1.54) is 6.08 Å². The summed E-state index contributed by atoms with van der Waals surface area (Å²) in [7, 11) is 0. The number of benzene rings is 1. The van der Waals surface area contributed by atoms with E-state index in [4.69, 9.17) is 4.98 Å². The van der Waals surface area contributed by atoms with Gasteiger partial charge in [-0.25, -0.2) is 9.97 Å². The average Bonchev–Trinajstić information content (AvgIpc) is 2.90. The van der Waals surface area contributed by atoms with Crippen LogP contribution in [-0.4, -0.2) is 45.0 Å². The Morgan fingerprint density at radius 1 is 0.971 bits per heavy atom. The van der Waals surface area contributed by atoms with E-state index in [2.05, 4.69) is 54.9 Å². The number of nitrogens with one attached hydrogen (secondary N) is 4. The third kappa shape index (κ3) is 5.42. The first-order valence-electron chi connectivity index (χ1n) is 11.5. The zero-order valence-electron chi connectivity index (χ0n) is 19.2. The van der Waals surface area contributed by atoms with Crippen LogP contribution < -0.4 is 21.3 Å². The molecule has 4 heterocycles. The summed E-state index contributed by atoms with van der Waals surface area (Å²) < 4.78 is 0. The molecule has 1 aromatic carbocycles. The lowest BCUT2D eigenvalue weighted by atomic mass is 10.1. The number of hydrogen-bond donors (Lipinski definition) is 4. The highest BCUT2D eigenvalue weighted by atomic mass is 16.1. The number of pyridine rings is 2. The van der Waals surface area contributed by atoms with E-state index in [1.54, 1.807) is 30.7 Å². The number of hydrogen-bond acceptors (Lipinski definition) is 8. The van der Waals surface area contributed by atoms with Crippen molar-refractivity contribution in [2.24, 2.45) is 0 Å². The van der Waals surface area contributed by atoms with Crippen molar-refractivity contribution < 1.29 is 4.79 Å². The molecule has 9 heteroatoms. The van der Waals surface area contributed by atoms with Crippen molar-refractivity contribution in [2.75, 3.05) is 29.0 Å². The number of carbonyl (C=O) groups excluding carboxylic acids is 1. The topological polar surface area (TPSA) is 117 Å². The van der Waals surface area contributed by atoms with Crippen LogP contribution in [0.5, 0.6) is 0 Å². The van der Waals surface area contributed by atoms with Crippen molar-refractivity contribution in [2.45, 2.75) is 18.9 Å².